The molecular weight excluding hydrogens is 246 g/mol. The van der Waals surface area contributed by atoms with Crippen molar-refractivity contribution < 1.29 is 9.32 Å². The largest absolute Gasteiger partial charge is 0.389 e. The van der Waals surface area contributed by atoms with Crippen molar-refractivity contribution in [3.63, 3.8) is 0 Å². The van der Waals surface area contributed by atoms with Gasteiger partial charge in [0, 0.05) is 11.4 Å². The molecule has 1 aromatic rings. The van der Waals surface area contributed by atoms with Gasteiger partial charge in [0.2, 0.25) is 0 Å². The number of benzene rings is 1. The second-order valence-corrected chi connectivity index (χ2v) is 7.27. The first-order valence-corrected chi connectivity index (χ1v) is 8.24. The molecule has 0 aliphatic heterocycles. The van der Waals surface area contributed by atoms with Gasteiger partial charge in [0.1, 0.15) is 0 Å². The molecule has 0 aromatic heterocycles. The molecule has 0 bridgehead atoms. The quantitative estimate of drug-likeness (QED) is 0.912. The Hall–Kier alpha value is -0.870. The Morgan fingerprint density at radius 2 is 1.89 bits per heavy atom. The number of nitrogens with zero attached hydrogens (tertiary/aromatic N) is 1. The zero-order valence-electron chi connectivity index (χ0n) is 10.8. The van der Waals surface area contributed by atoms with Gasteiger partial charge < -0.3 is 5.11 Å². The summed E-state index contributed by atoms with van der Waals surface area (Å²) in [7, 11) is -2.48. The minimum absolute atomic E-state index is 0.276. The fourth-order valence-electron chi connectivity index (χ4n) is 2.59. The first kappa shape index (κ1) is 13.6. The number of hydrogen-bond acceptors (Lipinski definition) is 3. The normalized spacial score (nSPS) is 21.4. The average molecular weight is 267 g/mol. The van der Waals surface area contributed by atoms with E-state index < -0.39 is 15.3 Å². The Kier molecular flexibility index (Phi) is 4.07. The van der Waals surface area contributed by atoms with Crippen LogP contribution in [0, 0.1) is 0 Å². The van der Waals surface area contributed by atoms with Gasteiger partial charge in [0.05, 0.1) is 21.1 Å². The fourth-order valence-corrected chi connectivity index (χ4v) is 5.01. The van der Waals surface area contributed by atoms with Crippen LogP contribution in [0.1, 0.15) is 32.6 Å². The lowest BCUT2D eigenvalue weighted by atomic mass is 10.1. The van der Waals surface area contributed by atoms with Gasteiger partial charge in [-0.2, -0.15) is 0 Å². The lowest BCUT2D eigenvalue weighted by Crippen LogP contribution is -2.34. The first-order valence-electron chi connectivity index (χ1n) is 6.56. The summed E-state index contributed by atoms with van der Waals surface area (Å²) >= 11 is 0. The third-order valence-corrected chi connectivity index (χ3v) is 6.06. The van der Waals surface area contributed by atoms with Crippen LogP contribution in [0.5, 0.6) is 0 Å². The standard InChI is InChI=1S/C14H21NO2S/c1-2-15-18(17,13-8-4-3-5-9-13)12-14(16)10-6-7-11-14/h3-5,8-9,16H,2,6-7,10-12H2,1H3/t18-/m0/s1. The van der Waals surface area contributed by atoms with E-state index in [1.165, 1.54) is 0 Å². The third kappa shape index (κ3) is 2.93. The molecule has 1 atom stereocenters. The van der Waals surface area contributed by atoms with Crippen LogP contribution in [0.2, 0.25) is 0 Å². The van der Waals surface area contributed by atoms with Crippen LogP contribution >= 0.6 is 0 Å². The van der Waals surface area contributed by atoms with E-state index >= 15 is 0 Å². The van der Waals surface area contributed by atoms with Crippen LogP contribution in [-0.4, -0.2) is 27.2 Å². The van der Waals surface area contributed by atoms with Gasteiger partial charge in [-0.3, -0.25) is 0 Å². The van der Waals surface area contributed by atoms with Crippen molar-refractivity contribution in [2.45, 2.75) is 43.1 Å². The lowest BCUT2D eigenvalue weighted by Gasteiger charge is -2.24. The van der Waals surface area contributed by atoms with Crippen LogP contribution in [0.4, 0.5) is 0 Å². The highest BCUT2D eigenvalue weighted by atomic mass is 32.2. The topological polar surface area (TPSA) is 49.7 Å². The van der Waals surface area contributed by atoms with Crippen molar-refractivity contribution in [2.24, 2.45) is 4.36 Å². The molecule has 0 amide bonds. The monoisotopic (exact) mass is 267 g/mol. The van der Waals surface area contributed by atoms with Crippen molar-refractivity contribution in [3.05, 3.63) is 30.3 Å². The molecule has 1 N–H and O–H groups in total. The summed E-state index contributed by atoms with van der Waals surface area (Å²) in [6.07, 6.45) is 3.53. The predicted molar refractivity (Wildman–Crippen MR) is 74.1 cm³/mol. The molecule has 2 rings (SSSR count). The molecule has 1 aromatic carbocycles. The smallest absolute Gasteiger partial charge is 0.0780 e. The SMILES string of the molecule is CCN=[S@](=O)(CC1(O)CCCC1)c1ccccc1. The third-order valence-electron chi connectivity index (χ3n) is 3.45. The molecule has 0 radical (unpaired) electrons. The summed E-state index contributed by atoms with van der Waals surface area (Å²) in [5.74, 6) is 0.276. The molecular formula is C14H21NO2S. The molecule has 0 heterocycles. The highest BCUT2D eigenvalue weighted by Gasteiger charge is 2.35. The van der Waals surface area contributed by atoms with Crippen LogP contribution in [0.15, 0.2) is 39.6 Å². The van der Waals surface area contributed by atoms with E-state index in [2.05, 4.69) is 4.36 Å². The second-order valence-electron chi connectivity index (χ2n) is 4.97. The Morgan fingerprint density at radius 1 is 1.28 bits per heavy atom. The highest BCUT2D eigenvalue weighted by molar-refractivity contribution is 7.93. The summed E-state index contributed by atoms with van der Waals surface area (Å²) in [6.45, 7) is 2.41. The van der Waals surface area contributed by atoms with Crippen molar-refractivity contribution in [1.29, 1.82) is 0 Å². The van der Waals surface area contributed by atoms with Crippen molar-refractivity contribution in [3.8, 4) is 0 Å². The van der Waals surface area contributed by atoms with Crippen molar-refractivity contribution >= 4 is 9.73 Å². The molecule has 0 spiro atoms. The zero-order chi connectivity index (χ0) is 13.1. The summed E-state index contributed by atoms with van der Waals surface area (Å²) in [6, 6.07) is 9.34. The number of aliphatic hydroxyl groups is 1. The number of rotatable bonds is 4. The minimum atomic E-state index is -2.48. The zero-order valence-corrected chi connectivity index (χ0v) is 11.7. The molecule has 1 fully saturated rings. The van der Waals surface area contributed by atoms with Gasteiger partial charge >= 0.3 is 0 Å². The molecule has 18 heavy (non-hydrogen) atoms. The van der Waals surface area contributed by atoms with Gasteiger partial charge in [0.15, 0.2) is 0 Å². The van der Waals surface area contributed by atoms with E-state index in [1.807, 2.05) is 37.3 Å². The van der Waals surface area contributed by atoms with E-state index in [4.69, 9.17) is 0 Å². The van der Waals surface area contributed by atoms with Gasteiger partial charge in [-0.25, -0.2) is 8.57 Å². The molecule has 0 saturated heterocycles. The maximum Gasteiger partial charge on any atom is 0.0780 e. The predicted octanol–water partition coefficient (Wildman–Crippen LogP) is 2.84. The minimum Gasteiger partial charge on any atom is -0.389 e. The first-order chi connectivity index (χ1) is 8.58. The van der Waals surface area contributed by atoms with Gasteiger partial charge in [-0.05, 0) is 31.9 Å². The lowest BCUT2D eigenvalue weighted by molar-refractivity contribution is 0.0720. The maximum atomic E-state index is 13.0. The van der Waals surface area contributed by atoms with E-state index in [-0.39, 0.29) is 5.75 Å². The maximum absolute atomic E-state index is 13.0. The van der Waals surface area contributed by atoms with Crippen molar-refractivity contribution in [1.82, 2.24) is 0 Å². The molecule has 0 unspecified atom stereocenters. The van der Waals surface area contributed by atoms with Gasteiger partial charge in [0.25, 0.3) is 0 Å². The van der Waals surface area contributed by atoms with E-state index in [0.29, 0.717) is 6.54 Å². The number of hydrogen-bond donors (Lipinski definition) is 1. The van der Waals surface area contributed by atoms with Crippen LogP contribution in [0.3, 0.4) is 0 Å². The highest BCUT2D eigenvalue weighted by Crippen LogP contribution is 2.33. The summed E-state index contributed by atoms with van der Waals surface area (Å²) in [5.41, 5.74) is -0.786. The molecule has 3 nitrogen and oxygen atoms in total. The van der Waals surface area contributed by atoms with Crippen LogP contribution in [0.25, 0.3) is 0 Å². The summed E-state index contributed by atoms with van der Waals surface area (Å²) in [4.78, 5) is 0.743. The Morgan fingerprint density at radius 3 is 2.44 bits per heavy atom. The van der Waals surface area contributed by atoms with E-state index in [0.717, 1.165) is 30.6 Å². The molecule has 100 valence electrons. The summed E-state index contributed by atoms with van der Waals surface area (Å²) < 4.78 is 17.3. The average Bonchev–Trinajstić information content (AvgIpc) is 2.77. The molecule has 1 aliphatic rings. The van der Waals surface area contributed by atoms with Gasteiger partial charge in [-0.15, -0.1) is 0 Å². The Labute approximate surface area is 109 Å². The Bertz CT molecular complexity index is 498. The Balaban J connectivity index is 2.34. The van der Waals surface area contributed by atoms with Crippen LogP contribution < -0.4 is 0 Å². The van der Waals surface area contributed by atoms with Crippen molar-refractivity contribution in [2.75, 3.05) is 12.3 Å². The van der Waals surface area contributed by atoms with E-state index in [1.54, 1.807) is 0 Å². The molecule has 4 heteroatoms. The fraction of sp³-hybridized carbons (Fsp3) is 0.571. The molecule has 1 aliphatic carbocycles. The van der Waals surface area contributed by atoms with E-state index in [9.17, 15) is 9.32 Å². The molecule has 1 saturated carbocycles. The van der Waals surface area contributed by atoms with Crippen LogP contribution in [-0.2, 0) is 9.73 Å². The van der Waals surface area contributed by atoms with Gasteiger partial charge in [-0.1, -0.05) is 31.0 Å². The summed E-state index contributed by atoms with van der Waals surface area (Å²) in [5, 5.41) is 10.5. The second kappa shape index (κ2) is 5.41.